The van der Waals surface area contributed by atoms with Gasteiger partial charge in [-0.2, -0.15) is 47.8 Å². The molecule has 4 rings (SSSR count). The van der Waals surface area contributed by atoms with Crippen molar-refractivity contribution in [3.63, 3.8) is 0 Å². The van der Waals surface area contributed by atoms with Crippen LogP contribution in [-0.4, -0.2) is 113 Å². The molecule has 32 heteroatoms. The number of halogens is 8. The van der Waals surface area contributed by atoms with Gasteiger partial charge >= 0.3 is 189 Å². The molecule has 0 heterocycles. The number of hydrogen-bond acceptors (Lipinski definition) is 8. The quantitative estimate of drug-likeness (QED) is 0.0207. The molecule has 148 heavy (non-hydrogen) atoms. The number of carboxylic acid groups (broad SMARTS) is 8. The maximum absolute atomic E-state index is 10.3. The minimum atomic E-state index is -0.670. The van der Waals surface area contributed by atoms with Crippen molar-refractivity contribution < 1.29 is 145 Å². The maximum atomic E-state index is 10.3. The van der Waals surface area contributed by atoms with E-state index < -0.39 is 114 Å². The average Bonchev–Trinajstić information content (AvgIpc) is 0.955. The molecule has 0 aromatic carbocycles. The summed E-state index contributed by atoms with van der Waals surface area (Å²) >= 11 is -1.89. The summed E-state index contributed by atoms with van der Waals surface area (Å²) in [5.41, 5.74) is 29.7. The van der Waals surface area contributed by atoms with Crippen molar-refractivity contribution in [2.45, 2.75) is 645 Å². The SMILES string of the molecule is CCCCCCCC(=O)O.CCCCCCCC(=O)O.CCCCCCCCCC(=O)O.CCCCCCCCCC(=O)O.CCCCCCCCCCCC(=O)O.CCCCCCCCCCCC(=O)O.CCCCCCCCCCCCCC(=O)O.CCCCCCCCCCCCCC(=O)O.[CH2-][C@@H]1CCCC[C@H]1[NH-].[CH2-][C@@H]1CCCC[C@H]1[NH-].[CH2-][C@@H]1CCCC[C@H]1[NH-].[CH2-][C@@H]1CCCC[C@H]1[NH-].[Cl][Pt+2][Cl].[Cl][Pt+2][Cl].[Cl][Pt+2][Cl].[Cl][Pt+2][Cl]. The number of carboxylic acids is 8. The molecule has 904 valence electrons. The first-order valence-corrected chi connectivity index (χ1v) is 80.8. The zero-order valence-corrected chi connectivity index (χ0v) is 110. The van der Waals surface area contributed by atoms with Crippen LogP contribution in [0.5, 0.6) is 0 Å². The van der Waals surface area contributed by atoms with E-state index >= 15 is 0 Å². The van der Waals surface area contributed by atoms with Gasteiger partial charge in [-0.1, -0.05) is 518 Å². The van der Waals surface area contributed by atoms with E-state index in [4.69, 9.17) is 139 Å². The number of rotatable bonds is 72. The van der Waals surface area contributed by atoms with Crippen LogP contribution in [0.15, 0.2) is 0 Å². The Morgan fingerprint density at radius 3 is 0.311 bits per heavy atom. The van der Waals surface area contributed by atoms with Gasteiger partial charge in [0.1, 0.15) is 0 Å². The van der Waals surface area contributed by atoms with E-state index in [-0.39, 0.29) is 24.2 Å². The monoisotopic (exact) mass is 2990 g/mol. The van der Waals surface area contributed by atoms with Crippen LogP contribution >= 0.6 is 75.3 Å². The van der Waals surface area contributed by atoms with Crippen molar-refractivity contribution in [1.82, 2.24) is 0 Å². The van der Waals surface area contributed by atoms with Gasteiger partial charge in [0.2, 0.25) is 0 Å². The Morgan fingerprint density at radius 2 is 0.250 bits per heavy atom. The molecule has 0 aromatic rings. The molecule has 0 aromatic heterocycles. The number of aliphatic carboxylic acids is 8. The molecular weight excluding hydrogens is 2770 g/mol. The second kappa shape index (κ2) is 161. The van der Waals surface area contributed by atoms with Gasteiger partial charge in [-0.3, -0.25) is 38.4 Å². The first-order chi connectivity index (χ1) is 71.0. The van der Waals surface area contributed by atoms with Crippen LogP contribution in [0.2, 0.25) is 0 Å². The topological polar surface area (TPSA) is 394 Å². The summed E-state index contributed by atoms with van der Waals surface area (Å²) in [4.78, 5) is 81.3. The van der Waals surface area contributed by atoms with E-state index in [1.54, 1.807) is 0 Å². The zero-order valence-electron chi connectivity index (χ0n) is 94.8. The van der Waals surface area contributed by atoms with Gasteiger partial charge < -0.3 is 91.5 Å². The predicted octanol–water partition coefficient (Wildman–Crippen LogP) is 44.0. The summed E-state index contributed by atoms with van der Waals surface area (Å²) in [6.07, 6.45) is 99.9. The second-order valence-corrected chi connectivity index (χ2v) is 52.9. The summed E-state index contributed by atoms with van der Waals surface area (Å²) in [5, 5.41) is 67.0. The third-order valence-electron chi connectivity index (χ3n) is 25.6. The predicted molar refractivity (Wildman–Crippen MR) is 627 cm³/mol. The Kier molecular flexibility index (Phi) is 188. The van der Waals surface area contributed by atoms with Crippen LogP contribution in [0.25, 0.3) is 22.9 Å². The molecule has 0 spiro atoms. The Labute approximate surface area is 977 Å². The van der Waals surface area contributed by atoms with Gasteiger partial charge in [-0.05, 0) is 51.4 Å². The summed E-state index contributed by atoms with van der Waals surface area (Å²) in [5.74, 6) is -3.62. The van der Waals surface area contributed by atoms with Crippen molar-refractivity contribution in [3.8, 4) is 0 Å². The molecule has 0 radical (unpaired) electrons. The zero-order chi connectivity index (χ0) is 114. The van der Waals surface area contributed by atoms with Gasteiger partial charge in [0.05, 0.1) is 0 Å². The molecule has 4 saturated carbocycles. The Morgan fingerprint density at radius 1 is 0.176 bits per heavy atom. The summed E-state index contributed by atoms with van der Waals surface area (Å²) in [6.45, 7) is 33.2. The van der Waals surface area contributed by atoms with Gasteiger partial charge in [0, 0.05) is 51.4 Å². The van der Waals surface area contributed by atoms with E-state index in [2.05, 4.69) is 83.1 Å². The minimum absolute atomic E-state index is 0.142. The fourth-order valence-electron chi connectivity index (χ4n) is 16.1. The second-order valence-electron chi connectivity index (χ2n) is 39.7. The molecule has 0 bridgehead atoms. The van der Waals surface area contributed by atoms with Crippen LogP contribution < -0.4 is 0 Å². The Hall–Kier alpha value is 0.673. The number of carbonyl (C=O) groups is 8. The van der Waals surface area contributed by atoms with E-state index in [1.165, 1.54) is 385 Å². The van der Waals surface area contributed by atoms with Crippen molar-refractivity contribution in [1.29, 1.82) is 0 Å². The molecule has 0 saturated heterocycles. The average molecular weight is 3000 g/mol. The van der Waals surface area contributed by atoms with Crippen molar-refractivity contribution in [3.05, 3.63) is 50.6 Å². The van der Waals surface area contributed by atoms with Gasteiger partial charge in [-0.25, -0.2) is 0 Å². The molecule has 20 nitrogen and oxygen atoms in total. The van der Waals surface area contributed by atoms with Gasteiger partial charge in [0.15, 0.2) is 0 Å². The molecule has 4 aliphatic carbocycles. The van der Waals surface area contributed by atoms with E-state index in [0.717, 1.165) is 128 Å². The first-order valence-electron chi connectivity index (χ1n) is 58.3. The molecular formula is C116H228Cl8N4O16Pt4. The van der Waals surface area contributed by atoms with Gasteiger partial charge in [-0.15, -0.1) is 0 Å². The Bertz CT molecular complexity index is 2300. The van der Waals surface area contributed by atoms with Crippen LogP contribution in [0.3, 0.4) is 0 Å². The summed E-state index contributed by atoms with van der Waals surface area (Å²) < 4.78 is 0. The third kappa shape index (κ3) is 200. The first kappa shape index (κ1) is 174. The van der Waals surface area contributed by atoms with Crippen molar-refractivity contribution in [2.24, 2.45) is 23.7 Å². The Balaban J connectivity index is -0.000000136. The molecule has 12 N–H and O–H groups in total. The van der Waals surface area contributed by atoms with Crippen molar-refractivity contribution >= 4 is 123 Å². The molecule has 4 fully saturated rings. The number of hydrogen-bond donors (Lipinski definition) is 8. The van der Waals surface area contributed by atoms with Crippen LogP contribution in [0.1, 0.15) is 620 Å². The molecule has 0 amide bonds. The molecule has 8 atom stereocenters. The van der Waals surface area contributed by atoms with Crippen LogP contribution in [0.4, 0.5) is 0 Å². The van der Waals surface area contributed by atoms with Gasteiger partial charge in [0.25, 0.3) is 0 Å². The molecule has 0 unspecified atom stereocenters. The standard InChI is InChI=1S/2C14H28O2.2C12H24O2.2C10H20O2.2C8H16O2.4C7H13N.8ClH.4Pt/c2*1-2-3-4-5-6-7-8-9-10-11-12-13-14(15)16;2*1-2-3-4-5-6-7-8-9-10-11-12(13)14;2*1-2-3-4-5-6-7-8-9-10(11)12;2*1-2-3-4-5-6-7-8(9)10;4*1-6-4-2-3-5-7(6)8;;;;;;;;;;;;/h2*2-13H2,1H3,(H,15,16);2*2-11H2,1H3,(H,13,14);2*2-9H2,1H3,(H,11,12);2*2-7H2,1H3,(H,9,10);4*6-8H,1-5H2;8*1H;;;;/q;;;;;;;;4*-2;;;;;;;;;4*+4/p-8/t;;;;;;;;4*6-,7-;;;;;;;;;;;;/m........1111............/s1. The number of nitrogens with one attached hydrogen (secondary N) is 4. The van der Waals surface area contributed by atoms with E-state index in [1.807, 2.05) is 0 Å². The summed E-state index contributed by atoms with van der Waals surface area (Å²) in [6, 6.07) is 0.569. The molecule has 4 aliphatic rings. The third-order valence-corrected chi connectivity index (χ3v) is 25.6. The normalized spacial score (nSPS) is 16.4. The van der Waals surface area contributed by atoms with E-state index in [0.29, 0.717) is 75.0 Å². The van der Waals surface area contributed by atoms with Crippen molar-refractivity contribution in [2.75, 3.05) is 0 Å². The summed E-state index contributed by atoms with van der Waals surface area (Å²) in [7, 11) is 39.0. The fraction of sp³-hybridized carbons (Fsp3) is 0.897. The van der Waals surface area contributed by atoms with E-state index in [9.17, 15) is 38.4 Å². The van der Waals surface area contributed by atoms with Crippen LogP contribution in [0, 0.1) is 51.4 Å². The van der Waals surface area contributed by atoms with Crippen LogP contribution in [-0.2, 0) is 104 Å². The fourth-order valence-corrected chi connectivity index (χ4v) is 16.1. The number of unbranched alkanes of at least 4 members (excludes halogenated alkanes) is 56. The molecule has 0 aliphatic heterocycles.